The molecule has 0 aliphatic carbocycles. The molecule has 0 radical (unpaired) electrons. The number of methoxy groups -OCH3 is 1. The summed E-state index contributed by atoms with van der Waals surface area (Å²) in [4.78, 5) is 0. The van der Waals surface area contributed by atoms with Gasteiger partial charge in [0.2, 0.25) is 5.82 Å². The number of tetrazole rings is 1. The maximum atomic E-state index is 5.19. The third-order valence-corrected chi connectivity index (χ3v) is 4.09. The Morgan fingerprint density at radius 2 is 1.75 bits per heavy atom. The Morgan fingerprint density at radius 3 is 2.42 bits per heavy atom. The van der Waals surface area contributed by atoms with Crippen molar-refractivity contribution in [1.29, 1.82) is 0 Å². The van der Waals surface area contributed by atoms with Crippen LogP contribution in [0.1, 0.15) is 23.6 Å². The second-order valence-electron chi connectivity index (χ2n) is 5.53. The zero-order valence-corrected chi connectivity index (χ0v) is 13.1. The van der Waals surface area contributed by atoms with Crippen LogP contribution in [0, 0.1) is 0 Å². The van der Waals surface area contributed by atoms with E-state index in [4.69, 9.17) is 4.74 Å². The van der Waals surface area contributed by atoms with Crippen molar-refractivity contribution in [3.05, 3.63) is 59.7 Å². The highest BCUT2D eigenvalue weighted by atomic mass is 16.5. The molecular formula is C17H16N6O. The van der Waals surface area contributed by atoms with E-state index < -0.39 is 0 Å². The molecule has 1 atom stereocenters. The van der Waals surface area contributed by atoms with Gasteiger partial charge in [-0.05, 0) is 40.6 Å². The monoisotopic (exact) mass is 320 g/mol. The van der Waals surface area contributed by atoms with Crippen LogP contribution in [0.4, 0.5) is 0 Å². The molecule has 0 spiro atoms. The van der Waals surface area contributed by atoms with Crippen LogP contribution >= 0.6 is 0 Å². The van der Waals surface area contributed by atoms with Crippen LogP contribution < -0.4 is 10.2 Å². The Balaban J connectivity index is 1.47. The Bertz CT molecular complexity index is 840. The molecular weight excluding hydrogens is 304 g/mol. The molecule has 0 bridgehead atoms. The van der Waals surface area contributed by atoms with Gasteiger partial charge in [-0.1, -0.05) is 24.3 Å². The van der Waals surface area contributed by atoms with Crippen LogP contribution in [-0.2, 0) is 0 Å². The number of benzene rings is 2. The number of hydrazone groups is 1. The number of hydrogen-bond donors (Lipinski definition) is 2. The smallest absolute Gasteiger partial charge is 0.204 e. The Morgan fingerprint density at radius 1 is 1.00 bits per heavy atom. The lowest BCUT2D eigenvalue weighted by molar-refractivity contribution is 0.415. The minimum atomic E-state index is 0.168. The number of aromatic amines is 1. The fraction of sp³-hybridized carbons (Fsp3) is 0.176. The van der Waals surface area contributed by atoms with E-state index in [0.717, 1.165) is 29.0 Å². The molecule has 1 unspecified atom stereocenters. The molecule has 0 saturated carbocycles. The molecule has 7 nitrogen and oxygen atoms in total. The molecule has 3 aromatic rings. The summed E-state index contributed by atoms with van der Waals surface area (Å²) in [5, 5.41) is 18.5. The number of aromatic nitrogens is 4. The van der Waals surface area contributed by atoms with E-state index in [1.807, 2.05) is 36.4 Å². The highest BCUT2D eigenvalue weighted by Crippen LogP contribution is 2.26. The largest absolute Gasteiger partial charge is 0.497 e. The van der Waals surface area contributed by atoms with Gasteiger partial charge in [0, 0.05) is 12.0 Å². The first kappa shape index (κ1) is 14.4. The van der Waals surface area contributed by atoms with Crippen LogP contribution in [0.25, 0.3) is 11.4 Å². The first-order valence-electron chi connectivity index (χ1n) is 7.64. The lowest BCUT2D eigenvalue weighted by atomic mass is 9.98. The fourth-order valence-electron chi connectivity index (χ4n) is 2.75. The van der Waals surface area contributed by atoms with Gasteiger partial charge >= 0.3 is 0 Å². The van der Waals surface area contributed by atoms with Crippen molar-refractivity contribution in [1.82, 2.24) is 26.0 Å². The first-order chi connectivity index (χ1) is 11.8. The third kappa shape index (κ3) is 2.71. The summed E-state index contributed by atoms with van der Waals surface area (Å²) in [6, 6.07) is 16.2. The molecule has 7 heteroatoms. The maximum absolute atomic E-state index is 5.19. The van der Waals surface area contributed by atoms with Gasteiger partial charge in [-0.3, -0.25) is 0 Å². The Labute approximate surface area is 138 Å². The molecule has 0 fully saturated rings. The van der Waals surface area contributed by atoms with E-state index in [9.17, 15) is 0 Å². The average Bonchev–Trinajstić information content (AvgIpc) is 3.34. The van der Waals surface area contributed by atoms with Crippen molar-refractivity contribution in [2.45, 2.75) is 12.5 Å². The molecule has 1 aliphatic rings. The van der Waals surface area contributed by atoms with Crippen molar-refractivity contribution < 1.29 is 4.74 Å². The SMILES string of the molecule is COc1ccc(C2=NNC(c3ccc(-c4nn[nH]n4)cc3)C2)cc1. The van der Waals surface area contributed by atoms with E-state index in [1.165, 1.54) is 5.56 Å². The average molecular weight is 320 g/mol. The summed E-state index contributed by atoms with van der Waals surface area (Å²) >= 11 is 0. The van der Waals surface area contributed by atoms with Gasteiger partial charge in [0.25, 0.3) is 0 Å². The predicted molar refractivity (Wildman–Crippen MR) is 89.6 cm³/mol. The number of hydrogen-bond acceptors (Lipinski definition) is 6. The number of ether oxygens (including phenoxy) is 1. The molecule has 2 heterocycles. The standard InChI is InChI=1S/C17H16N6O/c1-24-14-8-6-12(7-9-14)16-10-15(18-19-16)11-2-4-13(5-3-11)17-20-22-23-21-17/h2-9,15,18H,10H2,1H3,(H,20,21,22,23). The molecule has 120 valence electrons. The van der Waals surface area contributed by atoms with Crippen molar-refractivity contribution >= 4 is 5.71 Å². The van der Waals surface area contributed by atoms with Crippen molar-refractivity contribution in [2.75, 3.05) is 7.11 Å². The van der Waals surface area contributed by atoms with Gasteiger partial charge in [0.05, 0.1) is 18.9 Å². The van der Waals surface area contributed by atoms with E-state index in [0.29, 0.717) is 5.82 Å². The Hall–Kier alpha value is -3.22. The molecule has 2 aromatic carbocycles. The Kier molecular flexibility index (Phi) is 3.66. The molecule has 4 rings (SSSR count). The predicted octanol–water partition coefficient (Wildman–Crippen LogP) is 2.31. The van der Waals surface area contributed by atoms with Crippen LogP contribution in [0.2, 0.25) is 0 Å². The van der Waals surface area contributed by atoms with Crippen LogP contribution in [0.15, 0.2) is 53.6 Å². The highest BCUT2D eigenvalue weighted by molar-refractivity contribution is 6.01. The second-order valence-corrected chi connectivity index (χ2v) is 5.53. The zero-order valence-electron chi connectivity index (χ0n) is 13.1. The zero-order chi connectivity index (χ0) is 16.4. The van der Waals surface area contributed by atoms with Gasteiger partial charge < -0.3 is 10.2 Å². The molecule has 0 saturated heterocycles. The highest BCUT2D eigenvalue weighted by Gasteiger charge is 2.21. The van der Waals surface area contributed by atoms with Gasteiger partial charge in [-0.15, -0.1) is 10.2 Å². The number of nitrogens with one attached hydrogen (secondary N) is 2. The third-order valence-electron chi connectivity index (χ3n) is 4.09. The number of nitrogens with zero attached hydrogens (tertiary/aromatic N) is 4. The molecule has 1 aliphatic heterocycles. The van der Waals surface area contributed by atoms with E-state index in [-0.39, 0.29) is 6.04 Å². The van der Waals surface area contributed by atoms with E-state index in [2.05, 4.69) is 43.3 Å². The van der Waals surface area contributed by atoms with Gasteiger partial charge in [-0.25, -0.2) is 0 Å². The van der Waals surface area contributed by atoms with Gasteiger partial charge in [0.1, 0.15) is 5.75 Å². The maximum Gasteiger partial charge on any atom is 0.204 e. The van der Waals surface area contributed by atoms with Crippen LogP contribution in [0.3, 0.4) is 0 Å². The van der Waals surface area contributed by atoms with Crippen LogP contribution in [-0.4, -0.2) is 33.4 Å². The minimum absolute atomic E-state index is 0.168. The summed E-state index contributed by atoms with van der Waals surface area (Å²) in [6.45, 7) is 0. The fourth-order valence-corrected chi connectivity index (χ4v) is 2.75. The lowest BCUT2D eigenvalue weighted by Gasteiger charge is -2.10. The molecule has 0 amide bonds. The quantitative estimate of drug-likeness (QED) is 0.770. The second kappa shape index (κ2) is 6.11. The van der Waals surface area contributed by atoms with Crippen LogP contribution in [0.5, 0.6) is 5.75 Å². The van der Waals surface area contributed by atoms with Crippen molar-refractivity contribution in [3.8, 4) is 17.1 Å². The van der Waals surface area contributed by atoms with E-state index >= 15 is 0 Å². The number of H-pyrrole nitrogens is 1. The lowest BCUT2D eigenvalue weighted by Crippen LogP contribution is -2.09. The van der Waals surface area contributed by atoms with E-state index in [1.54, 1.807) is 7.11 Å². The van der Waals surface area contributed by atoms with Crippen molar-refractivity contribution in [3.63, 3.8) is 0 Å². The molecule has 24 heavy (non-hydrogen) atoms. The first-order valence-corrected chi connectivity index (χ1v) is 7.64. The normalized spacial score (nSPS) is 16.5. The summed E-state index contributed by atoms with van der Waals surface area (Å²) in [5.41, 5.74) is 7.47. The van der Waals surface area contributed by atoms with Gasteiger partial charge in [-0.2, -0.15) is 10.3 Å². The number of rotatable bonds is 4. The molecule has 1 aromatic heterocycles. The summed E-state index contributed by atoms with van der Waals surface area (Å²) < 4.78 is 5.19. The topological polar surface area (TPSA) is 88.1 Å². The minimum Gasteiger partial charge on any atom is -0.497 e. The molecule has 2 N–H and O–H groups in total. The summed E-state index contributed by atoms with van der Waals surface area (Å²) in [6.07, 6.45) is 0.841. The summed E-state index contributed by atoms with van der Waals surface area (Å²) in [7, 11) is 1.66. The van der Waals surface area contributed by atoms with Gasteiger partial charge in [0.15, 0.2) is 0 Å². The van der Waals surface area contributed by atoms with Crippen molar-refractivity contribution in [2.24, 2.45) is 5.10 Å². The summed E-state index contributed by atoms with van der Waals surface area (Å²) in [5.74, 6) is 1.44.